The molecule has 8 rings (SSSR count). The van der Waals surface area contributed by atoms with Gasteiger partial charge in [-0.3, -0.25) is 24.2 Å². The van der Waals surface area contributed by atoms with Gasteiger partial charge in [-0.15, -0.1) is 0 Å². The molecule has 2 amide bonds. The van der Waals surface area contributed by atoms with Gasteiger partial charge >= 0.3 is 0 Å². The van der Waals surface area contributed by atoms with E-state index in [2.05, 4.69) is 38.0 Å². The minimum absolute atomic E-state index is 0.0770. The number of nitrogens with one attached hydrogen (secondary N) is 3. The summed E-state index contributed by atoms with van der Waals surface area (Å²) in [6.45, 7) is 4.52. The van der Waals surface area contributed by atoms with Crippen LogP contribution in [0.2, 0.25) is 10.0 Å². The minimum atomic E-state index is 0.0770. The van der Waals surface area contributed by atoms with Crippen molar-refractivity contribution in [3.05, 3.63) is 82.1 Å². The smallest absolute Gasteiger partial charge is 0.220 e. The second kappa shape index (κ2) is 13.5. The molecule has 1 atom stereocenters. The first kappa shape index (κ1) is 33.6. The van der Waals surface area contributed by atoms with Gasteiger partial charge in [-0.25, -0.2) is 4.98 Å². The lowest BCUT2D eigenvalue weighted by molar-refractivity contribution is -0.121. The molecule has 5 aromatic rings. The number of nitrogens with zero attached hydrogens (tertiary/aromatic N) is 5. The number of likely N-dealkylation sites (tertiary alicyclic amines) is 1. The fourth-order valence-corrected chi connectivity index (χ4v) is 8.38. The number of carbonyl (C=O) groups is 2. The Balaban J connectivity index is 1.02. The molecular weight excluding hydrogens is 687 g/mol. The number of benzene rings is 2. The Bertz CT molecular complexity index is 2180. The third kappa shape index (κ3) is 6.44. The number of hydrogen-bond donors (Lipinski definition) is 3. The van der Waals surface area contributed by atoms with Crippen LogP contribution < -0.4 is 20.7 Å². The molecule has 0 unspecified atom stereocenters. The van der Waals surface area contributed by atoms with Crippen molar-refractivity contribution >= 4 is 45.9 Å². The van der Waals surface area contributed by atoms with E-state index < -0.39 is 0 Å². The van der Waals surface area contributed by atoms with E-state index in [1.807, 2.05) is 54.2 Å². The van der Waals surface area contributed by atoms with E-state index in [-0.39, 0.29) is 23.3 Å². The Morgan fingerprint density at radius 3 is 2.61 bits per heavy atom. The zero-order valence-corrected chi connectivity index (χ0v) is 29.9. The van der Waals surface area contributed by atoms with Crippen molar-refractivity contribution in [1.29, 1.82) is 0 Å². The first-order chi connectivity index (χ1) is 24.7. The molecule has 3 aromatic heterocycles. The summed E-state index contributed by atoms with van der Waals surface area (Å²) in [5.74, 6) is 0.757. The lowest BCUT2D eigenvalue weighted by Crippen LogP contribution is -2.56. The van der Waals surface area contributed by atoms with E-state index in [0.29, 0.717) is 53.2 Å². The molecule has 3 aliphatic rings. The van der Waals surface area contributed by atoms with E-state index in [1.165, 1.54) is 0 Å². The molecule has 51 heavy (non-hydrogen) atoms. The third-order valence-corrected chi connectivity index (χ3v) is 11.1. The van der Waals surface area contributed by atoms with Gasteiger partial charge in [-0.1, -0.05) is 59.6 Å². The molecule has 0 radical (unpaired) electrons. The maximum atomic E-state index is 11.8. The van der Waals surface area contributed by atoms with Crippen molar-refractivity contribution < 1.29 is 14.3 Å². The lowest BCUT2D eigenvalue weighted by Gasteiger charge is -2.46. The summed E-state index contributed by atoms with van der Waals surface area (Å²) in [6.07, 6.45) is 3.77. The van der Waals surface area contributed by atoms with Crippen molar-refractivity contribution in [3.63, 3.8) is 0 Å². The van der Waals surface area contributed by atoms with Crippen LogP contribution in [0.5, 0.6) is 5.88 Å². The highest BCUT2D eigenvalue weighted by Crippen LogP contribution is 2.42. The Kier molecular flexibility index (Phi) is 8.91. The summed E-state index contributed by atoms with van der Waals surface area (Å²) in [5, 5.41) is 16.3. The highest BCUT2D eigenvalue weighted by atomic mass is 35.5. The first-order valence-electron chi connectivity index (χ1n) is 17.1. The van der Waals surface area contributed by atoms with Crippen LogP contribution in [0, 0.1) is 5.41 Å². The van der Waals surface area contributed by atoms with Gasteiger partial charge in [0, 0.05) is 110 Å². The summed E-state index contributed by atoms with van der Waals surface area (Å²) in [6, 6.07) is 18.0. The van der Waals surface area contributed by atoms with Crippen LogP contribution in [-0.4, -0.2) is 75.8 Å². The van der Waals surface area contributed by atoms with Crippen LogP contribution in [0.15, 0.2) is 60.8 Å². The van der Waals surface area contributed by atoms with Gasteiger partial charge in [0.05, 0.1) is 39.8 Å². The van der Waals surface area contributed by atoms with Crippen LogP contribution in [0.4, 0.5) is 0 Å². The number of hydrogen-bond acceptors (Lipinski definition) is 8. The molecule has 2 aromatic carbocycles. The molecule has 3 fully saturated rings. The summed E-state index contributed by atoms with van der Waals surface area (Å²) >= 11 is 14.3. The molecule has 1 spiro atoms. The highest BCUT2D eigenvalue weighted by molar-refractivity contribution is 6.39. The number of methoxy groups -OCH3 is 1. The van der Waals surface area contributed by atoms with Crippen LogP contribution in [0.1, 0.15) is 30.5 Å². The maximum absolute atomic E-state index is 11.8. The monoisotopic (exact) mass is 724 g/mol. The number of aromatic nitrogens is 4. The fourth-order valence-electron chi connectivity index (χ4n) is 7.73. The van der Waals surface area contributed by atoms with Gasteiger partial charge < -0.3 is 20.7 Å². The zero-order valence-electron chi connectivity index (χ0n) is 28.4. The molecule has 13 heteroatoms. The summed E-state index contributed by atoms with van der Waals surface area (Å²) in [7, 11) is 3.55. The topological polar surface area (TPSA) is 126 Å². The second-order valence-electron chi connectivity index (χ2n) is 13.9. The first-order valence-corrected chi connectivity index (χ1v) is 17.9. The lowest BCUT2D eigenvalue weighted by atomic mass is 9.79. The van der Waals surface area contributed by atoms with E-state index in [9.17, 15) is 9.59 Å². The number of rotatable bonds is 10. The van der Waals surface area contributed by atoms with E-state index in [1.54, 1.807) is 13.3 Å². The molecule has 11 nitrogen and oxygen atoms in total. The maximum Gasteiger partial charge on any atom is 0.220 e. The molecule has 0 aliphatic carbocycles. The average molecular weight is 726 g/mol. The van der Waals surface area contributed by atoms with Crippen LogP contribution in [0.25, 0.3) is 44.5 Å². The number of ether oxygens (including phenoxy) is 1. The number of halogens is 2. The Morgan fingerprint density at radius 2 is 1.84 bits per heavy atom. The molecular formula is C38H38Cl2N8O3. The minimum Gasteiger partial charge on any atom is -0.481 e. The van der Waals surface area contributed by atoms with Crippen LogP contribution >= 0.6 is 23.2 Å². The Hall–Kier alpha value is -4.55. The van der Waals surface area contributed by atoms with Crippen molar-refractivity contribution in [1.82, 2.24) is 40.6 Å². The summed E-state index contributed by atoms with van der Waals surface area (Å²) < 4.78 is 7.56. The summed E-state index contributed by atoms with van der Waals surface area (Å²) in [5.41, 5.74) is 7.47. The SMILES string of the molecule is COc1nc(-c2cccc(-c3ccnc(-c4ccc5c(CN6CC7(CNC(=O)C7)C6)nn(C)c5c4)c3Cl)c2Cl)ccc1CNC[C@@H]1CCC(=O)N1. The quantitative estimate of drug-likeness (QED) is 0.176. The predicted molar refractivity (Wildman–Crippen MR) is 197 cm³/mol. The van der Waals surface area contributed by atoms with Crippen LogP contribution in [0.3, 0.4) is 0 Å². The molecule has 262 valence electrons. The molecule has 3 aliphatic heterocycles. The van der Waals surface area contributed by atoms with E-state index >= 15 is 0 Å². The Labute approximate surface area is 305 Å². The second-order valence-corrected chi connectivity index (χ2v) is 14.6. The standard InChI is InChI=1S/C38H38Cl2N8O3/c1-47-31-14-22(6-9-27(31)30(46-47)18-48-20-38(21-48)15-33(50)43-19-38)36-35(40)26(12-13-42-36)25-4-3-5-28(34(25)39)29-10-7-23(37(45-29)51-2)16-41-17-24-8-11-32(49)44-24/h3-7,9-10,12-14,24,41H,8,11,15-21H2,1-2H3,(H,43,50)(H,44,49)/t24-/m0/s1. The number of pyridine rings is 2. The molecule has 6 heterocycles. The van der Waals surface area contributed by atoms with Crippen molar-refractivity contribution in [2.45, 2.75) is 38.4 Å². The normalized spacial score (nSPS) is 18.3. The average Bonchev–Trinajstić information content (AvgIpc) is 3.81. The molecule has 0 bridgehead atoms. The van der Waals surface area contributed by atoms with Gasteiger partial charge in [-0.2, -0.15) is 5.10 Å². The fraction of sp³-hybridized carbons (Fsp3) is 0.342. The molecule has 0 saturated carbocycles. The number of aryl methyl sites for hydroxylation is 1. The highest BCUT2D eigenvalue weighted by Gasteiger charge is 2.48. The molecule has 3 saturated heterocycles. The van der Waals surface area contributed by atoms with Gasteiger partial charge in [0.2, 0.25) is 17.7 Å². The largest absolute Gasteiger partial charge is 0.481 e. The van der Waals surface area contributed by atoms with Crippen LogP contribution in [-0.2, 0) is 29.7 Å². The summed E-state index contributed by atoms with van der Waals surface area (Å²) in [4.78, 5) is 35.1. The van der Waals surface area contributed by atoms with Gasteiger partial charge in [0.15, 0.2) is 0 Å². The zero-order chi connectivity index (χ0) is 35.3. The van der Waals surface area contributed by atoms with Gasteiger partial charge in [0.1, 0.15) is 0 Å². The third-order valence-electron chi connectivity index (χ3n) is 10.3. The van der Waals surface area contributed by atoms with Crippen molar-refractivity contribution in [2.75, 3.05) is 33.3 Å². The van der Waals surface area contributed by atoms with E-state index in [0.717, 1.165) is 77.0 Å². The van der Waals surface area contributed by atoms with Gasteiger partial charge in [0.25, 0.3) is 0 Å². The number of carbonyl (C=O) groups excluding carboxylic acids is 2. The Morgan fingerprint density at radius 1 is 1.02 bits per heavy atom. The van der Waals surface area contributed by atoms with Crippen molar-refractivity contribution in [2.24, 2.45) is 12.5 Å². The molecule has 3 N–H and O–H groups in total. The van der Waals surface area contributed by atoms with Gasteiger partial charge in [-0.05, 0) is 24.6 Å². The predicted octanol–water partition coefficient (Wildman–Crippen LogP) is 5.37. The number of amides is 2. The number of fused-ring (bicyclic) bond motifs is 1. The van der Waals surface area contributed by atoms with E-state index in [4.69, 9.17) is 38.0 Å². The van der Waals surface area contributed by atoms with Crippen molar-refractivity contribution in [3.8, 4) is 39.5 Å².